The second-order valence-corrected chi connectivity index (χ2v) is 7.57. The summed E-state index contributed by atoms with van der Waals surface area (Å²) in [4.78, 5) is 5.34. The molecule has 0 aromatic rings. The van der Waals surface area contributed by atoms with Crippen molar-refractivity contribution in [2.45, 2.75) is 64.8 Å². The smallest absolute Gasteiger partial charge is 0.0963 e. The van der Waals surface area contributed by atoms with Gasteiger partial charge in [0.15, 0.2) is 0 Å². The summed E-state index contributed by atoms with van der Waals surface area (Å²) in [7, 11) is 0. The third kappa shape index (κ3) is 4.96. The Morgan fingerprint density at radius 3 is 2.29 bits per heavy atom. The summed E-state index contributed by atoms with van der Waals surface area (Å²) in [6.07, 6.45) is 9.10. The Morgan fingerprint density at radius 2 is 1.71 bits per heavy atom. The zero-order valence-electron chi connectivity index (χ0n) is 14.0. The van der Waals surface area contributed by atoms with Crippen LogP contribution in [0.5, 0.6) is 0 Å². The molecule has 4 nitrogen and oxygen atoms in total. The van der Waals surface area contributed by atoms with Gasteiger partial charge in [-0.3, -0.25) is 5.41 Å². The summed E-state index contributed by atoms with van der Waals surface area (Å²) in [6.45, 7) is 10.5. The normalized spacial score (nSPS) is 23.3. The molecule has 2 aliphatic heterocycles. The molecule has 0 aromatic carbocycles. The highest BCUT2D eigenvalue weighted by molar-refractivity contribution is 5.82. The Bertz CT molecular complexity index is 326. The number of rotatable bonds is 6. The van der Waals surface area contributed by atoms with Crippen LogP contribution < -0.4 is 5.73 Å². The highest BCUT2D eigenvalue weighted by Gasteiger charge is 2.26. The van der Waals surface area contributed by atoms with Crippen molar-refractivity contribution in [2.75, 3.05) is 32.7 Å². The third-order valence-electron chi connectivity index (χ3n) is 5.47. The van der Waals surface area contributed by atoms with Crippen LogP contribution in [0.4, 0.5) is 0 Å². The molecule has 0 aromatic heterocycles. The van der Waals surface area contributed by atoms with E-state index >= 15 is 0 Å². The van der Waals surface area contributed by atoms with Crippen molar-refractivity contribution in [1.29, 1.82) is 5.41 Å². The highest BCUT2D eigenvalue weighted by atomic mass is 15.2. The average Bonchev–Trinajstić information content (AvgIpc) is 2.48. The van der Waals surface area contributed by atoms with Crippen LogP contribution in [-0.2, 0) is 0 Å². The van der Waals surface area contributed by atoms with Crippen LogP contribution in [-0.4, -0.2) is 54.4 Å². The van der Waals surface area contributed by atoms with Gasteiger partial charge in [0, 0.05) is 11.5 Å². The molecule has 0 unspecified atom stereocenters. The van der Waals surface area contributed by atoms with E-state index in [0.717, 1.165) is 18.9 Å². The van der Waals surface area contributed by atoms with Crippen molar-refractivity contribution in [1.82, 2.24) is 9.80 Å². The fourth-order valence-electron chi connectivity index (χ4n) is 3.67. The predicted molar refractivity (Wildman–Crippen MR) is 89.8 cm³/mol. The Morgan fingerprint density at radius 1 is 1.10 bits per heavy atom. The van der Waals surface area contributed by atoms with Crippen molar-refractivity contribution in [2.24, 2.45) is 11.1 Å². The summed E-state index contributed by atoms with van der Waals surface area (Å²) in [5.41, 5.74) is 5.52. The Labute approximate surface area is 130 Å². The van der Waals surface area contributed by atoms with Gasteiger partial charge in [-0.25, -0.2) is 0 Å². The number of amidine groups is 1. The van der Waals surface area contributed by atoms with E-state index in [9.17, 15) is 0 Å². The van der Waals surface area contributed by atoms with Gasteiger partial charge in [0.2, 0.25) is 0 Å². The standard InChI is InChI=1S/C17H34N4/c1-17(2,16(18)19)9-6-10-20-13-7-15(8-14-20)21-11-4-3-5-12-21/h15H,3-14H2,1-2H3,(H3,18,19). The van der Waals surface area contributed by atoms with Crippen LogP contribution in [0.3, 0.4) is 0 Å². The first kappa shape index (κ1) is 16.8. The zero-order chi connectivity index (χ0) is 15.3. The van der Waals surface area contributed by atoms with Gasteiger partial charge in [0.25, 0.3) is 0 Å². The number of hydrogen-bond donors (Lipinski definition) is 2. The molecule has 2 fully saturated rings. The largest absolute Gasteiger partial charge is 0.387 e. The molecule has 0 saturated carbocycles. The third-order valence-corrected chi connectivity index (χ3v) is 5.47. The minimum atomic E-state index is -0.133. The van der Waals surface area contributed by atoms with Crippen molar-refractivity contribution in [3.8, 4) is 0 Å². The molecule has 0 spiro atoms. The summed E-state index contributed by atoms with van der Waals surface area (Å²) in [5, 5.41) is 7.62. The van der Waals surface area contributed by atoms with Gasteiger partial charge in [-0.05, 0) is 71.2 Å². The molecule has 2 rings (SSSR count). The monoisotopic (exact) mass is 294 g/mol. The molecule has 0 atom stereocenters. The zero-order valence-corrected chi connectivity index (χ0v) is 14.0. The van der Waals surface area contributed by atoms with Crippen LogP contribution in [0, 0.1) is 10.8 Å². The van der Waals surface area contributed by atoms with Crippen molar-refractivity contribution in [3.05, 3.63) is 0 Å². The van der Waals surface area contributed by atoms with E-state index in [4.69, 9.17) is 11.1 Å². The van der Waals surface area contributed by atoms with Crippen LogP contribution >= 0.6 is 0 Å². The van der Waals surface area contributed by atoms with Gasteiger partial charge in [-0.2, -0.15) is 0 Å². The molecule has 3 N–H and O–H groups in total. The minimum Gasteiger partial charge on any atom is -0.387 e. The summed E-state index contributed by atoms with van der Waals surface area (Å²) >= 11 is 0. The summed E-state index contributed by atoms with van der Waals surface area (Å²) in [6, 6.07) is 0.843. The number of piperidine rings is 2. The lowest BCUT2D eigenvalue weighted by Gasteiger charge is -2.40. The lowest BCUT2D eigenvalue weighted by atomic mass is 9.86. The maximum Gasteiger partial charge on any atom is 0.0963 e. The number of nitrogens with one attached hydrogen (secondary N) is 1. The molecular weight excluding hydrogens is 260 g/mol. The van der Waals surface area contributed by atoms with Crippen LogP contribution in [0.2, 0.25) is 0 Å². The van der Waals surface area contributed by atoms with Gasteiger partial charge in [0.05, 0.1) is 5.84 Å². The maximum absolute atomic E-state index is 7.62. The van der Waals surface area contributed by atoms with Crippen molar-refractivity contribution >= 4 is 5.84 Å². The van der Waals surface area contributed by atoms with Crippen LogP contribution in [0.25, 0.3) is 0 Å². The number of hydrogen-bond acceptors (Lipinski definition) is 3. The average molecular weight is 294 g/mol. The second kappa shape index (κ2) is 7.59. The molecule has 21 heavy (non-hydrogen) atoms. The van der Waals surface area contributed by atoms with Crippen molar-refractivity contribution in [3.63, 3.8) is 0 Å². The second-order valence-electron chi connectivity index (χ2n) is 7.57. The first-order valence-corrected chi connectivity index (χ1v) is 8.80. The maximum atomic E-state index is 7.62. The molecule has 0 radical (unpaired) electrons. The van der Waals surface area contributed by atoms with Crippen LogP contribution in [0.15, 0.2) is 0 Å². The first-order chi connectivity index (χ1) is 9.99. The molecule has 4 heteroatoms. The number of likely N-dealkylation sites (tertiary alicyclic amines) is 2. The molecule has 2 saturated heterocycles. The van der Waals surface area contributed by atoms with E-state index in [0.29, 0.717) is 5.84 Å². The molecule has 0 amide bonds. The summed E-state index contributed by atoms with van der Waals surface area (Å²) in [5.74, 6) is 0.325. The van der Waals surface area contributed by atoms with E-state index in [1.165, 1.54) is 64.8 Å². The van der Waals surface area contributed by atoms with Gasteiger partial charge >= 0.3 is 0 Å². The fourth-order valence-corrected chi connectivity index (χ4v) is 3.67. The topological polar surface area (TPSA) is 56.4 Å². The lowest BCUT2D eigenvalue weighted by molar-refractivity contribution is 0.0911. The lowest BCUT2D eigenvalue weighted by Crippen LogP contribution is -2.46. The van der Waals surface area contributed by atoms with Gasteiger partial charge in [0.1, 0.15) is 0 Å². The molecule has 0 bridgehead atoms. The Kier molecular flexibility index (Phi) is 6.06. The van der Waals surface area contributed by atoms with E-state index in [-0.39, 0.29) is 5.41 Å². The minimum absolute atomic E-state index is 0.133. The fraction of sp³-hybridized carbons (Fsp3) is 0.941. The number of nitrogens with two attached hydrogens (primary N) is 1. The molecule has 2 heterocycles. The SMILES string of the molecule is CC(C)(CCCN1CCC(N2CCCCC2)CC1)C(=N)N. The quantitative estimate of drug-likeness (QED) is 0.585. The van der Waals surface area contributed by atoms with E-state index in [2.05, 4.69) is 23.6 Å². The van der Waals surface area contributed by atoms with E-state index < -0.39 is 0 Å². The van der Waals surface area contributed by atoms with Gasteiger partial charge in [-0.1, -0.05) is 20.3 Å². The van der Waals surface area contributed by atoms with Gasteiger partial charge < -0.3 is 15.5 Å². The van der Waals surface area contributed by atoms with Gasteiger partial charge in [-0.15, -0.1) is 0 Å². The van der Waals surface area contributed by atoms with Crippen molar-refractivity contribution < 1.29 is 0 Å². The molecule has 122 valence electrons. The Balaban J connectivity index is 1.64. The van der Waals surface area contributed by atoms with Crippen LogP contribution in [0.1, 0.15) is 58.8 Å². The molecule has 0 aliphatic carbocycles. The van der Waals surface area contributed by atoms with E-state index in [1.54, 1.807) is 0 Å². The van der Waals surface area contributed by atoms with E-state index in [1.807, 2.05) is 0 Å². The molecular formula is C17H34N4. The molecule has 2 aliphatic rings. The predicted octanol–water partition coefficient (Wildman–Crippen LogP) is 2.68. The summed E-state index contributed by atoms with van der Waals surface area (Å²) < 4.78 is 0. The number of nitrogens with zero attached hydrogens (tertiary/aromatic N) is 2. The first-order valence-electron chi connectivity index (χ1n) is 8.80. The Hall–Kier alpha value is -0.610. The highest BCUT2D eigenvalue weighted by Crippen LogP contribution is 2.24.